The van der Waals surface area contributed by atoms with Crippen LogP contribution in [0.25, 0.3) is 6.08 Å². The Morgan fingerprint density at radius 2 is 2.28 bits per heavy atom. The molecule has 0 aliphatic rings. The molecule has 0 aromatic heterocycles. The summed E-state index contributed by atoms with van der Waals surface area (Å²) >= 11 is 0. The van der Waals surface area contributed by atoms with Gasteiger partial charge >= 0.3 is 11.7 Å². The van der Waals surface area contributed by atoms with Crippen LogP contribution in [0.1, 0.15) is 5.56 Å². The first-order valence-corrected chi connectivity index (χ1v) is 4.97. The summed E-state index contributed by atoms with van der Waals surface area (Å²) < 4.78 is 5.13. The van der Waals surface area contributed by atoms with Crippen LogP contribution in [-0.4, -0.2) is 22.6 Å². The van der Waals surface area contributed by atoms with Crippen LogP contribution in [0.15, 0.2) is 36.9 Å². The summed E-state index contributed by atoms with van der Waals surface area (Å²) in [7, 11) is 0. The Morgan fingerprint density at radius 3 is 2.83 bits per heavy atom. The van der Waals surface area contributed by atoms with Gasteiger partial charge in [-0.05, 0) is 17.7 Å². The first-order chi connectivity index (χ1) is 8.54. The zero-order valence-electron chi connectivity index (χ0n) is 9.41. The van der Waals surface area contributed by atoms with Crippen LogP contribution >= 0.6 is 0 Å². The van der Waals surface area contributed by atoms with Crippen LogP contribution in [0.3, 0.4) is 0 Å². The molecular formula is C12H11NO5. The lowest BCUT2D eigenvalue weighted by Crippen LogP contribution is -1.98. The summed E-state index contributed by atoms with van der Waals surface area (Å²) in [5.41, 5.74) is 0.194. The molecule has 0 radical (unpaired) electrons. The Hall–Kier alpha value is -2.63. The molecule has 0 amide bonds. The number of benzene rings is 1. The van der Waals surface area contributed by atoms with E-state index in [-0.39, 0.29) is 18.0 Å². The first kappa shape index (κ1) is 13.4. The number of rotatable bonds is 6. The maximum Gasteiger partial charge on any atom is 0.328 e. The van der Waals surface area contributed by atoms with E-state index >= 15 is 0 Å². The number of nitro benzene ring substituents is 1. The van der Waals surface area contributed by atoms with E-state index in [0.29, 0.717) is 5.56 Å². The fraction of sp³-hybridized carbons (Fsp3) is 0.0833. The molecule has 6 nitrogen and oxygen atoms in total. The number of aliphatic carboxylic acids is 1. The van der Waals surface area contributed by atoms with Gasteiger partial charge in [-0.1, -0.05) is 18.7 Å². The van der Waals surface area contributed by atoms with Gasteiger partial charge in [0.1, 0.15) is 6.61 Å². The Morgan fingerprint density at radius 1 is 1.56 bits per heavy atom. The minimum Gasteiger partial charge on any atom is -0.483 e. The predicted molar refractivity (Wildman–Crippen MR) is 65.5 cm³/mol. The average Bonchev–Trinajstić information content (AvgIpc) is 2.34. The van der Waals surface area contributed by atoms with Gasteiger partial charge in [0, 0.05) is 12.1 Å². The van der Waals surface area contributed by atoms with E-state index in [1.807, 2.05) is 0 Å². The summed E-state index contributed by atoms with van der Waals surface area (Å²) in [5, 5.41) is 19.3. The molecular weight excluding hydrogens is 238 g/mol. The smallest absolute Gasteiger partial charge is 0.328 e. The van der Waals surface area contributed by atoms with E-state index in [2.05, 4.69) is 6.58 Å². The lowest BCUT2D eigenvalue weighted by molar-refractivity contribution is -0.385. The number of nitro groups is 1. The Balaban J connectivity index is 3.06. The molecule has 1 N–H and O–H groups in total. The number of ether oxygens (including phenoxy) is 1. The molecule has 0 saturated carbocycles. The van der Waals surface area contributed by atoms with Crippen molar-refractivity contribution >= 4 is 17.7 Å². The van der Waals surface area contributed by atoms with Crippen LogP contribution in [0, 0.1) is 10.1 Å². The van der Waals surface area contributed by atoms with Crippen molar-refractivity contribution in [2.75, 3.05) is 6.61 Å². The predicted octanol–water partition coefficient (Wildman–Crippen LogP) is 2.26. The molecule has 94 valence electrons. The average molecular weight is 249 g/mol. The monoisotopic (exact) mass is 249 g/mol. The molecule has 0 spiro atoms. The van der Waals surface area contributed by atoms with Crippen LogP contribution in [0.5, 0.6) is 5.75 Å². The van der Waals surface area contributed by atoms with Crippen molar-refractivity contribution in [1.82, 2.24) is 0 Å². The maximum absolute atomic E-state index is 10.8. The summed E-state index contributed by atoms with van der Waals surface area (Å²) in [4.78, 5) is 20.6. The third-order valence-electron chi connectivity index (χ3n) is 1.95. The zero-order valence-corrected chi connectivity index (χ0v) is 9.41. The van der Waals surface area contributed by atoms with Gasteiger partial charge < -0.3 is 9.84 Å². The van der Waals surface area contributed by atoms with Gasteiger partial charge in [0.2, 0.25) is 0 Å². The van der Waals surface area contributed by atoms with Gasteiger partial charge in [-0.25, -0.2) is 4.79 Å². The molecule has 6 heteroatoms. The van der Waals surface area contributed by atoms with Crippen molar-refractivity contribution in [2.45, 2.75) is 0 Å². The van der Waals surface area contributed by atoms with E-state index in [1.54, 1.807) is 0 Å². The molecule has 0 aliphatic carbocycles. The molecule has 0 unspecified atom stereocenters. The number of carboxylic acids is 1. The SMILES string of the molecule is C=CCOc1ccc(C=CC(=O)O)cc1[N+](=O)[O-]. The standard InChI is InChI=1S/C12H11NO5/c1-2-7-18-11-5-3-9(4-6-12(14)15)8-10(11)13(16)17/h2-6,8H,1,7H2,(H,14,15). The molecule has 1 aromatic carbocycles. The number of hydrogen-bond acceptors (Lipinski definition) is 4. The molecule has 0 atom stereocenters. The van der Waals surface area contributed by atoms with Crippen molar-refractivity contribution in [1.29, 1.82) is 0 Å². The summed E-state index contributed by atoms with van der Waals surface area (Å²) in [5.74, 6) is -1.00. The third-order valence-corrected chi connectivity index (χ3v) is 1.95. The van der Waals surface area contributed by atoms with Crippen molar-refractivity contribution in [3.8, 4) is 5.75 Å². The van der Waals surface area contributed by atoms with Gasteiger partial charge in [-0.2, -0.15) is 0 Å². The molecule has 0 fully saturated rings. The highest BCUT2D eigenvalue weighted by Gasteiger charge is 2.14. The molecule has 0 heterocycles. The molecule has 18 heavy (non-hydrogen) atoms. The Bertz CT molecular complexity index is 507. The molecule has 1 aromatic rings. The fourth-order valence-corrected chi connectivity index (χ4v) is 1.22. The third kappa shape index (κ3) is 3.75. The lowest BCUT2D eigenvalue weighted by atomic mass is 10.1. The van der Waals surface area contributed by atoms with E-state index in [0.717, 1.165) is 6.08 Å². The molecule has 0 saturated heterocycles. The second-order valence-corrected chi connectivity index (χ2v) is 3.26. The number of carboxylic acid groups (broad SMARTS) is 1. The van der Waals surface area contributed by atoms with Crippen LogP contribution in [0.4, 0.5) is 5.69 Å². The van der Waals surface area contributed by atoms with Crippen LogP contribution in [0.2, 0.25) is 0 Å². The van der Waals surface area contributed by atoms with Crippen LogP contribution < -0.4 is 4.74 Å². The number of nitrogens with zero attached hydrogens (tertiary/aromatic N) is 1. The molecule has 0 aliphatic heterocycles. The number of carbonyl (C=O) groups is 1. The minimum absolute atomic E-state index is 0.118. The van der Waals surface area contributed by atoms with E-state index in [1.165, 1.54) is 30.4 Å². The van der Waals surface area contributed by atoms with Gasteiger partial charge in [-0.15, -0.1) is 0 Å². The highest BCUT2D eigenvalue weighted by Crippen LogP contribution is 2.28. The van der Waals surface area contributed by atoms with Crippen molar-refractivity contribution in [2.24, 2.45) is 0 Å². The molecule has 0 bridgehead atoms. The summed E-state index contributed by atoms with van der Waals surface area (Å²) in [6.07, 6.45) is 3.65. The van der Waals surface area contributed by atoms with Crippen molar-refractivity contribution in [3.63, 3.8) is 0 Å². The van der Waals surface area contributed by atoms with E-state index in [9.17, 15) is 14.9 Å². The quantitative estimate of drug-likeness (QED) is 0.361. The molecule has 1 rings (SSSR count). The van der Waals surface area contributed by atoms with Crippen molar-refractivity contribution < 1.29 is 19.6 Å². The topological polar surface area (TPSA) is 89.7 Å². The minimum atomic E-state index is -1.12. The van der Waals surface area contributed by atoms with Gasteiger partial charge in [0.25, 0.3) is 0 Å². The van der Waals surface area contributed by atoms with Gasteiger partial charge in [0.15, 0.2) is 5.75 Å². The van der Waals surface area contributed by atoms with E-state index in [4.69, 9.17) is 9.84 Å². The largest absolute Gasteiger partial charge is 0.483 e. The summed E-state index contributed by atoms with van der Waals surface area (Å²) in [6.45, 7) is 3.60. The Kier molecular flexibility index (Phi) is 4.62. The number of hydrogen-bond donors (Lipinski definition) is 1. The highest BCUT2D eigenvalue weighted by molar-refractivity contribution is 5.85. The first-order valence-electron chi connectivity index (χ1n) is 4.97. The normalized spacial score (nSPS) is 10.2. The fourth-order valence-electron chi connectivity index (χ4n) is 1.22. The second-order valence-electron chi connectivity index (χ2n) is 3.26. The van der Waals surface area contributed by atoms with Gasteiger partial charge in [0.05, 0.1) is 4.92 Å². The Labute approximate surface area is 103 Å². The highest BCUT2D eigenvalue weighted by atomic mass is 16.6. The van der Waals surface area contributed by atoms with Crippen molar-refractivity contribution in [3.05, 3.63) is 52.6 Å². The lowest BCUT2D eigenvalue weighted by Gasteiger charge is -2.04. The van der Waals surface area contributed by atoms with Gasteiger partial charge in [-0.3, -0.25) is 10.1 Å². The summed E-state index contributed by atoms with van der Waals surface area (Å²) in [6, 6.07) is 4.20. The zero-order chi connectivity index (χ0) is 13.5. The second kappa shape index (κ2) is 6.19. The van der Waals surface area contributed by atoms with E-state index < -0.39 is 10.9 Å². The maximum atomic E-state index is 10.8. The van der Waals surface area contributed by atoms with Crippen LogP contribution in [-0.2, 0) is 4.79 Å².